The number of carboxylic acid groups (broad SMARTS) is 1. The number of aromatic nitrogens is 2. The highest BCUT2D eigenvalue weighted by molar-refractivity contribution is 7.99. The molecule has 1 unspecified atom stereocenters. The monoisotopic (exact) mass is 256 g/mol. The molecular formula is C11H16N2O3S. The van der Waals surface area contributed by atoms with Gasteiger partial charge < -0.3 is 10.1 Å². The molecule has 6 heteroatoms. The molecule has 0 fully saturated rings. The average Bonchev–Trinajstić information content (AvgIpc) is 2.25. The molecule has 1 aromatic heterocycles. The zero-order valence-corrected chi connectivity index (χ0v) is 10.7. The van der Waals surface area contributed by atoms with Crippen LogP contribution in [0, 0.1) is 5.92 Å². The molecule has 0 radical (unpaired) electrons. The summed E-state index contributed by atoms with van der Waals surface area (Å²) in [6, 6.07) is 1.48. The number of hydrogen-bond donors (Lipinski definition) is 2. The van der Waals surface area contributed by atoms with Crippen molar-refractivity contribution in [3.05, 3.63) is 22.1 Å². The molecule has 1 atom stereocenters. The minimum absolute atomic E-state index is 0.186. The molecule has 0 aliphatic heterocycles. The third kappa shape index (κ3) is 4.60. The van der Waals surface area contributed by atoms with Crippen LogP contribution in [0.4, 0.5) is 0 Å². The van der Waals surface area contributed by atoms with Crippen LogP contribution in [0.1, 0.15) is 26.0 Å². The number of aromatic amines is 1. The van der Waals surface area contributed by atoms with E-state index >= 15 is 0 Å². The van der Waals surface area contributed by atoms with E-state index in [1.165, 1.54) is 17.8 Å². The van der Waals surface area contributed by atoms with Gasteiger partial charge in [0.2, 0.25) is 0 Å². The number of H-pyrrole nitrogens is 1. The first-order valence-electron chi connectivity index (χ1n) is 5.48. The Morgan fingerprint density at radius 1 is 1.65 bits per heavy atom. The van der Waals surface area contributed by atoms with E-state index < -0.39 is 11.9 Å². The van der Waals surface area contributed by atoms with Crippen LogP contribution in [-0.4, -0.2) is 26.8 Å². The van der Waals surface area contributed by atoms with Crippen LogP contribution in [0.25, 0.3) is 0 Å². The number of aliphatic carboxylic acids is 1. The minimum Gasteiger partial charge on any atom is -0.481 e. The first kappa shape index (κ1) is 13.8. The Bertz CT molecular complexity index is 445. The summed E-state index contributed by atoms with van der Waals surface area (Å²) in [4.78, 5) is 28.9. The summed E-state index contributed by atoms with van der Waals surface area (Å²) in [6.07, 6.45) is 1.68. The van der Waals surface area contributed by atoms with Crippen LogP contribution in [0.15, 0.2) is 16.0 Å². The molecule has 1 aromatic rings. The van der Waals surface area contributed by atoms with E-state index in [0.717, 1.165) is 18.5 Å². The van der Waals surface area contributed by atoms with E-state index in [-0.39, 0.29) is 5.56 Å². The highest BCUT2D eigenvalue weighted by atomic mass is 32.2. The van der Waals surface area contributed by atoms with Crippen LogP contribution in [0.3, 0.4) is 0 Å². The fourth-order valence-corrected chi connectivity index (χ4v) is 2.12. The molecule has 0 spiro atoms. The summed E-state index contributed by atoms with van der Waals surface area (Å²) >= 11 is 1.26. The van der Waals surface area contributed by atoms with E-state index in [1.807, 2.05) is 6.92 Å². The van der Waals surface area contributed by atoms with E-state index in [2.05, 4.69) is 9.97 Å². The fraction of sp³-hybridized carbons (Fsp3) is 0.545. The van der Waals surface area contributed by atoms with Gasteiger partial charge in [0.25, 0.3) is 5.56 Å². The van der Waals surface area contributed by atoms with E-state index in [9.17, 15) is 9.59 Å². The maximum Gasteiger partial charge on any atom is 0.307 e. The first-order valence-corrected chi connectivity index (χ1v) is 6.47. The zero-order valence-electron chi connectivity index (χ0n) is 9.90. The summed E-state index contributed by atoms with van der Waals surface area (Å²) in [5.74, 6) is -0.905. The Morgan fingerprint density at radius 3 is 2.94 bits per heavy atom. The molecule has 5 nitrogen and oxygen atoms in total. The molecule has 0 aromatic carbocycles. The number of nitrogens with one attached hydrogen (secondary N) is 1. The quantitative estimate of drug-likeness (QED) is 0.596. The summed E-state index contributed by atoms with van der Waals surface area (Å²) < 4.78 is 0. The minimum atomic E-state index is -0.843. The number of thioether (sulfide) groups is 1. The number of rotatable bonds is 6. The van der Waals surface area contributed by atoms with Gasteiger partial charge in [-0.15, -0.1) is 0 Å². The Morgan fingerprint density at radius 2 is 2.35 bits per heavy atom. The SMILES string of the molecule is CCCc1cc(=O)[nH]c(SCC(C)C(=O)O)n1. The molecule has 0 aliphatic rings. The third-order valence-corrected chi connectivity index (χ3v) is 3.30. The van der Waals surface area contributed by atoms with Crippen molar-refractivity contribution < 1.29 is 9.90 Å². The topological polar surface area (TPSA) is 83.0 Å². The van der Waals surface area contributed by atoms with E-state index in [0.29, 0.717) is 10.9 Å². The summed E-state index contributed by atoms with van der Waals surface area (Å²) in [5, 5.41) is 9.24. The lowest BCUT2D eigenvalue weighted by Crippen LogP contribution is -2.14. The highest BCUT2D eigenvalue weighted by Gasteiger charge is 2.12. The van der Waals surface area contributed by atoms with Gasteiger partial charge in [0.1, 0.15) is 0 Å². The van der Waals surface area contributed by atoms with Crippen LogP contribution in [0.2, 0.25) is 0 Å². The molecule has 94 valence electrons. The third-order valence-electron chi connectivity index (χ3n) is 2.17. The molecular weight excluding hydrogens is 240 g/mol. The van der Waals surface area contributed by atoms with Crippen molar-refractivity contribution in [1.29, 1.82) is 0 Å². The second kappa shape index (κ2) is 6.44. The predicted molar refractivity (Wildman–Crippen MR) is 66.4 cm³/mol. The van der Waals surface area contributed by atoms with Crippen LogP contribution in [-0.2, 0) is 11.2 Å². The Kier molecular flexibility index (Phi) is 5.21. The Hall–Kier alpha value is -1.30. The lowest BCUT2D eigenvalue weighted by molar-refractivity contribution is -0.140. The predicted octanol–water partition coefficient (Wildman–Crippen LogP) is 1.54. The Labute approximate surface area is 104 Å². The second-order valence-corrected chi connectivity index (χ2v) is 4.85. The molecule has 0 amide bonds. The van der Waals surface area contributed by atoms with Crippen molar-refractivity contribution in [1.82, 2.24) is 9.97 Å². The van der Waals surface area contributed by atoms with Gasteiger partial charge in [0.15, 0.2) is 5.16 Å². The smallest absolute Gasteiger partial charge is 0.307 e. The number of hydrogen-bond acceptors (Lipinski definition) is 4. The standard InChI is InChI=1S/C11H16N2O3S/c1-3-4-8-5-9(14)13-11(12-8)17-6-7(2)10(15)16/h5,7H,3-4,6H2,1-2H3,(H,15,16)(H,12,13,14). The van der Waals surface area contributed by atoms with Crippen molar-refractivity contribution in [3.63, 3.8) is 0 Å². The van der Waals surface area contributed by atoms with Gasteiger partial charge in [0, 0.05) is 17.5 Å². The number of carbonyl (C=O) groups is 1. The van der Waals surface area contributed by atoms with Crippen molar-refractivity contribution in [2.24, 2.45) is 5.92 Å². The highest BCUT2D eigenvalue weighted by Crippen LogP contribution is 2.16. The molecule has 1 heterocycles. The lowest BCUT2D eigenvalue weighted by atomic mass is 10.2. The van der Waals surface area contributed by atoms with Gasteiger partial charge in [-0.05, 0) is 6.42 Å². The van der Waals surface area contributed by atoms with Gasteiger partial charge in [0.05, 0.1) is 5.92 Å². The van der Waals surface area contributed by atoms with Crippen molar-refractivity contribution in [3.8, 4) is 0 Å². The molecule has 0 saturated heterocycles. The van der Waals surface area contributed by atoms with E-state index in [1.54, 1.807) is 6.92 Å². The molecule has 0 aliphatic carbocycles. The molecule has 0 bridgehead atoms. The van der Waals surface area contributed by atoms with Crippen LogP contribution < -0.4 is 5.56 Å². The van der Waals surface area contributed by atoms with Gasteiger partial charge in [-0.1, -0.05) is 32.0 Å². The summed E-state index contributed by atoms with van der Waals surface area (Å²) in [6.45, 7) is 3.64. The number of nitrogens with zero attached hydrogens (tertiary/aromatic N) is 1. The average molecular weight is 256 g/mol. The normalized spacial score (nSPS) is 12.4. The summed E-state index contributed by atoms with van der Waals surface area (Å²) in [7, 11) is 0. The van der Waals surface area contributed by atoms with Gasteiger partial charge in [-0.25, -0.2) is 4.98 Å². The molecule has 17 heavy (non-hydrogen) atoms. The maximum absolute atomic E-state index is 11.3. The van der Waals surface area contributed by atoms with Gasteiger partial charge >= 0.3 is 5.97 Å². The molecule has 1 rings (SSSR count). The number of aryl methyl sites for hydroxylation is 1. The first-order chi connectivity index (χ1) is 8.02. The largest absolute Gasteiger partial charge is 0.481 e. The maximum atomic E-state index is 11.3. The van der Waals surface area contributed by atoms with Crippen molar-refractivity contribution in [2.45, 2.75) is 31.8 Å². The van der Waals surface area contributed by atoms with Crippen molar-refractivity contribution >= 4 is 17.7 Å². The molecule has 0 saturated carbocycles. The fourth-order valence-electron chi connectivity index (χ4n) is 1.21. The van der Waals surface area contributed by atoms with Crippen LogP contribution in [0.5, 0.6) is 0 Å². The zero-order chi connectivity index (χ0) is 12.8. The molecule has 2 N–H and O–H groups in total. The Balaban J connectivity index is 2.70. The lowest BCUT2D eigenvalue weighted by Gasteiger charge is -2.06. The second-order valence-electron chi connectivity index (χ2n) is 3.84. The van der Waals surface area contributed by atoms with Crippen LogP contribution >= 0.6 is 11.8 Å². The summed E-state index contributed by atoms with van der Waals surface area (Å²) in [5.41, 5.74) is 0.565. The van der Waals surface area contributed by atoms with Crippen molar-refractivity contribution in [2.75, 3.05) is 5.75 Å². The van der Waals surface area contributed by atoms with Gasteiger partial charge in [-0.2, -0.15) is 0 Å². The van der Waals surface area contributed by atoms with Gasteiger partial charge in [-0.3, -0.25) is 9.59 Å². The number of carboxylic acids is 1. The van der Waals surface area contributed by atoms with E-state index in [4.69, 9.17) is 5.11 Å².